The zero-order valence-electron chi connectivity index (χ0n) is 10.2. The number of aliphatic hydroxyl groups is 1. The second-order valence-corrected chi connectivity index (χ2v) is 3.37. The summed E-state index contributed by atoms with van der Waals surface area (Å²) < 4.78 is 0. The Morgan fingerprint density at radius 3 is 2.50 bits per heavy atom. The molecule has 0 saturated carbocycles. The van der Waals surface area contributed by atoms with Gasteiger partial charge in [0.1, 0.15) is 0 Å². The molecule has 0 rings (SSSR count). The summed E-state index contributed by atoms with van der Waals surface area (Å²) in [6.45, 7) is 10.3. The summed E-state index contributed by atoms with van der Waals surface area (Å²) in [7, 11) is 0. The van der Waals surface area contributed by atoms with Crippen molar-refractivity contribution in [3.8, 4) is 0 Å². The van der Waals surface area contributed by atoms with E-state index in [9.17, 15) is 5.11 Å². The molecule has 0 aliphatic carbocycles. The second kappa shape index (κ2) is 7.56. The molecule has 0 aromatic rings. The number of nitrogens with zero attached hydrogens (tertiary/aromatic N) is 1. The summed E-state index contributed by atoms with van der Waals surface area (Å²) in [5.74, 6) is -0.157. The Balaban J connectivity index is 4.91. The molecular formula is C12H21N3O. The third-order valence-electron chi connectivity index (χ3n) is 1.98. The molecule has 0 aromatic heterocycles. The minimum Gasteiger partial charge on any atom is -0.495 e. The topological polar surface area (TPSA) is 70.6 Å². The van der Waals surface area contributed by atoms with Crippen molar-refractivity contribution in [1.82, 2.24) is 5.32 Å². The third-order valence-corrected chi connectivity index (χ3v) is 1.98. The van der Waals surface area contributed by atoms with Gasteiger partial charge in [-0.25, -0.2) is 0 Å². The molecule has 16 heavy (non-hydrogen) atoms. The van der Waals surface area contributed by atoms with Gasteiger partial charge in [-0.15, -0.1) is 0 Å². The fraction of sp³-hybridized carbons (Fsp3) is 0.417. The molecule has 4 nitrogen and oxygen atoms in total. The van der Waals surface area contributed by atoms with Crippen LogP contribution in [0.4, 0.5) is 0 Å². The molecule has 0 unspecified atom stereocenters. The number of hydrogen-bond donors (Lipinski definition) is 3. The molecule has 0 atom stereocenters. The van der Waals surface area contributed by atoms with E-state index in [1.165, 1.54) is 0 Å². The first-order valence-electron chi connectivity index (χ1n) is 5.32. The van der Waals surface area contributed by atoms with Gasteiger partial charge in [0, 0.05) is 17.8 Å². The van der Waals surface area contributed by atoms with Crippen molar-refractivity contribution >= 4 is 6.34 Å². The number of aliphatic imine (C=N–C) groups is 1. The normalized spacial score (nSPS) is 13.8. The number of nitrogens with two attached hydrogens (primary N) is 1. The van der Waals surface area contributed by atoms with Crippen LogP contribution in [0.15, 0.2) is 40.4 Å². The van der Waals surface area contributed by atoms with Gasteiger partial charge < -0.3 is 16.2 Å². The molecule has 0 amide bonds. The number of allylic oxidation sites excluding steroid dienone is 3. The van der Waals surface area contributed by atoms with Gasteiger partial charge in [0.05, 0.1) is 6.34 Å². The van der Waals surface area contributed by atoms with Crippen LogP contribution < -0.4 is 11.1 Å². The number of rotatable bonds is 6. The van der Waals surface area contributed by atoms with Crippen LogP contribution in [0.3, 0.4) is 0 Å². The lowest BCUT2D eigenvalue weighted by Crippen LogP contribution is -2.12. The Hall–Kier alpha value is -1.71. The second-order valence-electron chi connectivity index (χ2n) is 3.37. The van der Waals surface area contributed by atoms with E-state index < -0.39 is 0 Å². The van der Waals surface area contributed by atoms with Crippen LogP contribution in [0.1, 0.15) is 27.2 Å². The molecule has 0 bridgehead atoms. The highest BCUT2D eigenvalue weighted by Gasteiger charge is 2.01. The number of nitrogens with one attached hydrogen (secondary N) is 1. The summed E-state index contributed by atoms with van der Waals surface area (Å²) in [5, 5.41) is 12.2. The molecule has 0 heterocycles. The minimum atomic E-state index is -0.157. The average molecular weight is 223 g/mol. The van der Waals surface area contributed by atoms with Gasteiger partial charge in [-0.2, -0.15) is 0 Å². The predicted molar refractivity (Wildman–Crippen MR) is 69.2 cm³/mol. The fourth-order valence-corrected chi connectivity index (χ4v) is 1.03. The van der Waals surface area contributed by atoms with Crippen LogP contribution in [-0.2, 0) is 0 Å². The maximum atomic E-state index is 9.24. The van der Waals surface area contributed by atoms with Crippen molar-refractivity contribution in [2.75, 3.05) is 6.54 Å². The molecule has 90 valence electrons. The first-order valence-corrected chi connectivity index (χ1v) is 5.32. The van der Waals surface area contributed by atoms with E-state index in [1.54, 1.807) is 12.4 Å². The quantitative estimate of drug-likeness (QED) is 0.280. The summed E-state index contributed by atoms with van der Waals surface area (Å²) in [5.41, 5.74) is 7.68. The first kappa shape index (κ1) is 14.3. The van der Waals surface area contributed by atoms with Gasteiger partial charge in [0.2, 0.25) is 0 Å². The molecule has 4 N–H and O–H groups in total. The van der Waals surface area contributed by atoms with Crippen LogP contribution in [0.25, 0.3) is 0 Å². The van der Waals surface area contributed by atoms with Gasteiger partial charge in [0.15, 0.2) is 5.88 Å². The monoisotopic (exact) mass is 223 g/mol. The summed E-state index contributed by atoms with van der Waals surface area (Å²) in [4.78, 5) is 4.04. The van der Waals surface area contributed by atoms with Crippen molar-refractivity contribution in [1.29, 1.82) is 0 Å². The molecule has 0 aliphatic heterocycles. The van der Waals surface area contributed by atoms with Crippen LogP contribution in [0.5, 0.6) is 0 Å². The maximum absolute atomic E-state index is 9.24. The molecule has 4 heteroatoms. The number of hydrogen-bond acceptors (Lipinski definition) is 3. The average Bonchev–Trinajstić information content (AvgIpc) is 2.22. The lowest BCUT2D eigenvalue weighted by Gasteiger charge is -2.08. The van der Waals surface area contributed by atoms with E-state index in [-0.39, 0.29) is 5.88 Å². The largest absolute Gasteiger partial charge is 0.495 e. The molecular weight excluding hydrogens is 202 g/mol. The van der Waals surface area contributed by atoms with Gasteiger partial charge in [-0.3, -0.25) is 4.99 Å². The zero-order valence-corrected chi connectivity index (χ0v) is 10.2. The molecule has 0 aromatic carbocycles. The molecule has 0 aliphatic rings. The molecule has 0 radical (unpaired) electrons. The highest BCUT2D eigenvalue weighted by atomic mass is 16.3. The lowest BCUT2D eigenvalue weighted by atomic mass is 10.1. The highest BCUT2D eigenvalue weighted by molar-refractivity contribution is 5.60. The maximum Gasteiger partial charge on any atom is 0.184 e. The van der Waals surface area contributed by atoms with Crippen molar-refractivity contribution < 1.29 is 5.11 Å². The Kier molecular flexibility index (Phi) is 6.76. The predicted octanol–water partition coefficient (Wildman–Crippen LogP) is 2.22. The summed E-state index contributed by atoms with van der Waals surface area (Å²) in [6, 6.07) is 0. The van der Waals surface area contributed by atoms with E-state index in [2.05, 4.69) is 16.9 Å². The molecule has 0 spiro atoms. The van der Waals surface area contributed by atoms with Crippen molar-refractivity contribution in [3.05, 3.63) is 35.4 Å². The van der Waals surface area contributed by atoms with Gasteiger partial charge in [-0.05, 0) is 31.9 Å². The SMILES string of the molecule is C=C(C)/C(=C\C(CC)=C(/N)O)NC=NCC. The van der Waals surface area contributed by atoms with Crippen LogP contribution in [0.2, 0.25) is 0 Å². The number of aliphatic hydroxyl groups excluding tert-OH is 1. The third kappa shape index (κ3) is 5.24. The lowest BCUT2D eigenvalue weighted by molar-refractivity contribution is 0.398. The van der Waals surface area contributed by atoms with E-state index in [0.29, 0.717) is 12.0 Å². The van der Waals surface area contributed by atoms with Crippen molar-refractivity contribution in [2.45, 2.75) is 27.2 Å². The minimum absolute atomic E-state index is 0.157. The smallest absolute Gasteiger partial charge is 0.184 e. The van der Waals surface area contributed by atoms with Crippen LogP contribution in [-0.4, -0.2) is 18.0 Å². The molecule has 0 saturated heterocycles. The van der Waals surface area contributed by atoms with Crippen LogP contribution in [0, 0.1) is 0 Å². The standard InChI is InChI=1S/C12H21N3O/c1-5-10(12(13)16)7-11(9(3)4)15-8-14-6-2/h7-8,16H,3,5-6,13H2,1-2,4H3,(H,14,15)/b11-7+,12-10+. The van der Waals surface area contributed by atoms with E-state index in [1.807, 2.05) is 20.8 Å². The highest BCUT2D eigenvalue weighted by Crippen LogP contribution is 2.11. The summed E-state index contributed by atoms with van der Waals surface area (Å²) >= 11 is 0. The van der Waals surface area contributed by atoms with E-state index >= 15 is 0 Å². The van der Waals surface area contributed by atoms with Crippen molar-refractivity contribution in [2.24, 2.45) is 10.7 Å². The fourth-order valence-electron chi connectivity index (χ4n) is 1.03. The Morgan fingerprint density at radius 1 is 1.50 bits per heavy atom. The van der Waals surface area contributed by atoms with Gasteiger partial charge >= 0.3 is 0 Å². The first-order chi connectivity index (χ1) is 7.52. The summed E-state index contributed by atoms with van der Waals surface area (Å²) in [6.07, 6.45) is 4.05. The van der Waals surface area contributed by atoms with Crippen LogP contribution >= 0.6 is 0 Å². The van der Waals surface area contributed by atoms with Gasteiger partial charge in [-0.1, -0.05) is 13.5 Å². The van der Waals surface area contributed by atoms with Gasteiger partial charge in [0.25, 0.3) is 0 Å². The van der Waals surface area contributed by atoms with Crippen molar-refractivity contribution in [3.63, 3.8) is 0 Å². The Bertz CT molecular complexity index is 323. The Morgan fingerprint density at radius 2 is 2.12 bits per heavy atom. The molecule has 0 fully saturated rings. The Labute approximate surface area is 97.3 Å². The zero-order chi connectivity index (χ0) is 12.6. The van der Waals surface area contributed by atoms with E-state index in [4.69, 9.17) is 5.73 Å². The van der Waals surface area contributed by atoms with E-state index in [0.717, 1.165) is 17.8 Å².